The molecule has 1 saturated carbocycles. The lowest BCUT2D eigenvalue weighted by Crippen LogP contribution is -2.33. The molecule has 6 N–H and O–H groups in total. The molecule has 194 valence electrons. The van der Waals surface area contributed by atoms with Crippen LogP contribution in [0.4, 0.5) is 20.7 Å². The first-order valence-electron chi connectivity index (χ1n) is 12.1. The highest BCUT2D eigenvalue weighted by atomic mass is 19.1. The van der Waals surface area contributed by atoms with Gasteiger partial charge in [-0.1, -0.05) is 18.6 Å². The van der Waals surface area contributed by atoms with Gasteiger partial charge in [0.2, 0.25) is 0 Å². The van der Waals surface area contributed by atoms with Crippen molar-refractivity contribution in [3.63, 3.8) is 0 Å². The van der Waals surface area contributed by atoms with Crippen LogP contribution in [-0.4, -0.2) is 26.7 Å². The summed E-state index contributed by atoms with van der Waals surface area (Å²) in [4.78, 5) is 29.2. The lowest BCUT2D eigenvalue weighted by molar-refractivity contribution is 0.0995. The number of hydrogen-bond acceptors (Lipinski definition) is 6. The Morgan fingerprint density at radius 1 is 1.08 bits per heavy atom. The van der Waals surface area contributed by atoms with Crippen LogP contribution in [0.3, 0.4) is 0 Å². The summed E-state index contributed by atoms with van der Waals surface area (Å²) in [5, 5.41) is 4.79. The predicted molar refractivity (Wildman–Crippen MR) is 139 cm³/mol. The molecule has 0 atom stereocenters. The number of carbonyl (C=O) groups is 2. The molecule has 0 aliphatic heterocycles. The third-order valence-electron chi connectivity index (χ3n) is 6.46. The van der Waals surface area contributed by atoms with E-state index in [2.05, 4.69) is 4.98 Å². The summed E-state index contributed by atoms with van der Waals surface area (Å²) < 4.78 is 22.4. The third-order valence-corrected chi connectivity index (χ3v) is 6.46. The average molecular weight is 516 g/mol. The van der Waals surface area contributed by atoms with Gasteiger partial charge in [0.25, 0.3) is 5.91 Å². The molecular formula is C27H26FN7O3. The van der Waals surface area contributed by atoms with Gasteiger partial charge in [0.1, 0.15) is 17.3 Å². The van der Waals surface area contributed by atoms with Crippen LogP contribution in [0.5, 0.6) is 11.5 Å². The van der Waals surface area contributed by atoms with Crippen molar-refractivity contribution in [2.75, 3.05) is 4.90 Å². The minimum atomic E-state index is -0.811. The molecule has 2 aromatic heterocycles. The topological polar surface area (TPSA) is 155 Å². The van der Waals surface area contributed by atoms with Crippen molar-refractivity contribution in [3.8, 4) is 17.2 Å². The number of anilines is 2. The van der Waals surface area contributed by atoms with E-state index in [1.807, 2.05) is 30.3 Å². The molecule has 1 aliphatic carbocycles. The van der Waals surface area contributed by atoms with Crippen molar-refractivity contribution in [1.82, 2.24) is 14.8 Å². The first-order chi connectivity index (χ1) is 18.3. The largest absolute Gasteiger partial charge is 0.454 e. The van der Waals surface area contributed by atoms with E-state index in [4.69, 9.17) is 27.0 Å². The second kappa shape index (κ2) is 10.3. The zero-order valence-corrected chi connectivity index (χ0v) is 20.4. The highest BCUT2D eigenvalue weighted by Gasteiger charge is 2.28. The lowest BCUT2D eigenvalue weighted by Gasteiger charge is -2.23. The Morgan fingerprint density at radius 3 is 2.55 bits per heavy atom. The van der Waals surface area contributed by atoms with E-state index in [1.165, 1.54) is 35.4 Å². The maximum Gasteiger partial charge on any atom is 0.325 e. The highest BCUT2D eigenvalue weighted by molar-refractivity contribution is 5.98. The molecule has 2 heterocycles. The molecule has 4 aromatic rings. The zero-order chi connectivity index (χ0) is 26.8. The van der Waals surface area contributed by atoms with Gasteiger partial charge in [0.15, 0.2) is 11.6 Å². The van der Waals surface area contributed by atoms with Crippen molar-refractivity contribution in [2.45, 2.75) is 31.7 Å². The van der Waals surface area contributed by atoms with Crippen molar-refractivity contribution in [2.24, 2.45) is 17.2 Å². The summed E-state index contributed by atoms with van der Waals surface area (Å²) in [5.41, 5.74) is 19.5. The fraction of sp³-hybridized carbons (Fsp3) is 0.185. The first kappa shape index (κ1) is 24.9. The molecule has 0 spiro atoms. The van der Waals surface area contributed by atoms with E-state index < -0.39 is 17.8 Å². The number of halogens is 1. The Kier molecular flexibility index (Phi) is 6.75. The Bertz CT molecular complexity index is 1520. The van der Waals surface area contributed by atoms with Crippen molar-refractivity contribution in [1.29, 1.82) is 0 Å². The van der Waals surface area contributed by atoms with E-state index in [1.54, 1.807) is 4.68 Å². The van der Waals surface area contributed by atoms with Gasteiger partial charge in [-0.15, -0.1) is 0 Å². The molecule has 38 heavy (non-hydrogen) atoms. The van der Waals surface area contributed by atoms with E-state index >= 15 is 4.39 Å². The second-order valence-corrected chi connectivity index (χ2v) is 8.97. The number of nitrogens with zero attached hydrogens (tertiary/aromatic N) is 4. The van der Waals surface area contributed by atoms with E-state index in [-0.39, 0.29) is 28.8 Å². The predicted octanol–water partition coefficient (Wildman–Crippen LogP) is 4.24. The third kappa shape index (κ3) is 4.91. The molecule has 10 nitrogen and oxygen atoms in total. The Hall–Kier alpha value is -4.77. The molecule has 5 rings (SSSR count). The maximum absolute atomic E-state index is 15.2. The standard InChI is InChI=1S/C27H26FN7O3/c28-21-12-18(7-8-24(21)38-20-9-10-32-23(13-20)26(30)36)34(27(31)37)25-14-22(17-4-2-5-17)33-35(25)19-6-1-3-16(11-19)15-29/h1,3,6-14,17H,2,4-5,15,29H2,(H2,30,36)(H2,31,37). The number of nitrogens with two attached hydrogens (primary N) is 3. The Balaban J connectivity index is 1.53. The first-order valence-corrected chi connectivity index (χ1v) is 12.1. The van der Waals surface area contributed by atoms with Crippen molar-refractivity contribution in [3.05, 3.63) is 89.6 Å². The Labute approximate surface area is 217 Å². The molecule has 1 fully saturated rings. The summed E-state index contributed by atoms with van der Waals surface area (Å²) in [5.74, 6) is -0.781. The minimum absolute atomic E-state index is 0.0198. The Morgan fingerprint density at radius 2 is 1.89 bits per heavy atom. The van der Waals surface area contributed by atoms with E-state index in [0.29, 0.717) is 18.1 Å². The van der Waals surface area contributed by atoms with E-state index in [9.17, 15) is 9.59 Å². The number of rotatable bonds is 8. The summed E-state index contributed by atoms with van der Waals surface area (Å²) in [7, 11) is 0. The molecular weight excluding hydrogens is 489 g/mol. The molecule has 0 saturated heterocycles. The molecule has 0 radical (unpaired) electrons. The molecule has 0 unspecified atom stereocenters. The number of hydrogen-bond donors (Lipinski definition) is 3. The fourth-order valence-corrected chi connectivity index (χ4v) is 4.28. The summed E-state index contributed by atoms with van der Waals surface area (Å²) in [6.45, 7) is 0.338. The van der Waals surface area contributed by atoms with Crippen LogP contribution in [0.2, 0.25) is 0 Å². The molecule has 2 aromatic carbocycles. The lowest BCUT2D eigenvalue weighted by atomic mass is 9.83. The van der Waals surface area contributed by atoms with Crippen LogP contribution >= 0.6 is 0 Å². The number of benzene rings is 2. The maximum atomic E-state index is 15.2. The number of pyridine rings is 1. The number of carbonyl (C=O) groups excluding carboxylic acids is 2. The van der Waals surface area contributed by atoms with E-state index in [0.717, 1.165) is 36.6 Å². The van der Waals surface area contributed by atoms with Gasteiger partial charge in [0, 0.05) is 36.9 Å². The van der Waals surface area contributed by atoms with Crippen LogP contribution < -0.4 is 26.8 Å². The quantitative estimate of drug-likeness (QED) is 0.319. The number of ether oxygens (including phenoxy) is 1. The van der Waals surface area contributed by atoms with Crippen LogP contribution in [0.1, 0.15) is 46.9 Å². The summed E-state index contributed by atoms with van der Waals surface area (Å²) in [6, 6.07) is 15.3. The monoisotopic (exact) mass is 515 g/mol. The number of amides is 3. The molecule has 1 aliphatic rings. The van der Waals surface area contributed by atoms with Gasteiger partial charge < -0.3 is 21.9 Å². The van der Waals surface area contributed by atoms with Gasteiger partial charge in [-0.05, 0) is 48.7 Å². The van der Waals surface area contributed by atoms with Gasteiger partial charge in [-0.25, -0.2) is 18.8 Å². The van der Waals surface area contributed by atoms with Gasteiger partial charge >= 0.3 is 6.03 Å². The van der Waals surface area contributed by atoms with Crippen LogP contribution in [0.25, 0.3) is 5.69 Å². The van der Waals surface area contributed by atoms with Gasteiger partial charge in [-0.3, -0.25) is 9.78 Å². The molecule has 0 bridgehead atoms. The smallest absolute Gasteiger partial charge is 0.325 e. The van der Waals surface area contributed by atoms with Gasteiger partial charge in [-0.2, -0.15) is 5.10 Å². The van der Waals surface area contributed by atoms with Crippen LogP contribution in [-0.2, 0) is 6.54 Å². The second-order valence-electron chi connectivity index (χ2n) is 8.97. The summed E-state index contributed by atoms with van der Waals surface area (Å²) in [6.07, 6.45) is 4.45. The highest BCUT2D eigenvalue weighted by Crippen LogP contribution is 2.39. The molecule has 11 heteroatoms. The zero-order valence-electron chi connectivity index (χ0n) is 20.4. The fourth-order valence-electron chi connectivity index (χ4n) is 4.28. The number of primary amides is 2. The number of aromatic nitrogens is 3. The number of urea groups is 1. The summed E-state index contributed by atoms with van der Waals surface area (Å²) >= 11 is 0. The van der Waals surface area contributed by atoms with Crippen molar-refractivity contribution >= 4 is 23.4 Å². The van der Waals surface area contributed by atoms with Crippen LogP contribution in [0, 0.1) is 5.82 Å². The van der Waals surface area contributed by atoms with Crippen molar-refractivity contribution < 1.29 is 18.7 Å². The minimum Gasteiger partial charge on any atom is -0.454 e. The average Bonchev–Trinajstić information content (AvgIpc) is 3.28. The van der Waals surface area contributed by atoms with Crippen LogP contribution in [0.15, 0.2) is 66.9 Å². The van der Waals surface area contributed by atoms with Gasteiger partial charge in [0.05, 0.1) is 17.1 Å². The molecule has 3 amide bonds. The SMILES string of the molecule is NCc1cccc(-n2nc(C3CCC3)cc2N(C(N)=O)c2ccc(Oc3ccnc(C(N)=O)c3)c(F)c2)c1. The normalized spacial score (nSPS) is 13.1.